The molecule has 5 heteroatoms. The summed E-state index contributed by atoms with van der Waals surface area (Å²) in [6.45, 7) is 2.28. The highest BCUT2D eigenvalue weighted by molar-refractivity contribution is 5.83. The third-order valence-electron chi connectivity index (χ3n) is 4.90. The smallest absolute Gasteiger partial charge is 0.311 e. The van der Waals surface area contributed by atoms with Gasteiger partial charge in [0.05, 0.1) is 12.5 Å². The average molecular weight is 369 g/mol. The van der Waals surface area contributed by atoms with Gasteiger partial charge in [-0.2, -0.15) is 0 Å². The second kappa shape index (κ2) is 8.80. The minimum Gasteiger partial charge on any atom is -0.466 e. The van der Waals surface area contributed by atoms with Crippen LogP contribution in [0.4, 0.5) is 4.39 Å². The minimum atomic E-state index is -0.443. The molecule has 1 amide bonds. The van der Waals surface area contributed by atoms with Gasteiger partial charge in [-0.15, -0.1) is 0 Å². The first-order valence-electron chi connectivity index (χ1n) is 9.32. The normalized spacial score (nSPS) is 19.2. The van der Waals surface area contributed by atoms with E-state index >= 15 is 0 Å². The van der Waals surface area contributed by atoms with Gasteiger partial charge in [-0.3, -0.25) is 9.59 Å². The van der Waals surface area contributed by atoms with Crippen LogP contribution in [0.1, 0.15) is 30.4 Å². The van der Waals surface area contributed by atoms with Crippen LogP contribution in [0.3, 0.4) is 0 Å². The molecular formula is C22H24FNO3. The molecule has 0 aromatic heterocycles. The Hall–Kier alpha value is -2.69. The van der Waals surface area contributed by atoms with Gasteiger partial charge in [-0.05, 0) is 42.9 Å². The molecule has 1 fully saturated rings. The van der Waals surface area contributed by atoms with Gasteiger partial charge in [-0.25, -0.2) is 4.39 Å². The van der Waals surface area contributed by atoms with Crippen LogP contribution < -0.4 is 5.32 Å². The zero-order valence-corrected chi connectivity index (χ0v) is 15.4. The van der Waals surface area contributed by atoms with E-state index in [1.165, 1.54) is 6.07 Å². The van der Waals surface area contributed by atoms with Gasteiger partial charge in [0, 0.05) is 12.5 Å². The molecule has 1 N–H and O–H groups in total. The van der Waals surface area contributed by atoms with Crippen LogP contribution in [0.25, 0.3) is 0 Å². The molecule has 2 aromatic rings. The number of benzene rings is 2. The molecule has 0 saturated heterocycles. The summed E-state index contributed by atoms with van der Waals surface area (Å²) >= 11 is 0. The number of esters is 1. The Kier molecular flexibility index (Phi) is 6.22. The van der Waals surface area contributed by atoms with Crippen LogP contribution in [-0.2, 0) is 20.7 Å². The molecule has 0 heterocycles. The Morgan fingerprint density at radius 1 is 1.15 bits per heavy atom. The van der Waals surface area contributed by atoms with E-state index < -0.39 is 5.92 Å². The fraction of sp³-hybridized carbons (Fsp3) is 0.364. The maximum absolute atomic E-state index is 13.9. The fourth-order valence-electron chi connectivity index (χ4n) is 3.36. The largest absolute Gasteiger partial charge is 0.466 e. The third-order valence-corrected chi connectivity index (χ3v) is 4.90. The zero-order valence-electron chi connectivity index (χ0n) is 15.4. The number of hydrogen-bond donors (Lipinski definition) is 1. The summed E-state index contributed by atoms with van der Waals surface area (Å²) in [7, 11) is 0. The number of carbonyl (C=O) groups is 2. The molecule has 3 atom stereocenters. The maximum Gasteiger partial charge on any atom is 0.311 e. The molecule has 0 radical (unpaired) electrons. The van der Waals surface area contributed by atoms with E-state index in [1.54, 1.807) is 25.1 Å². The Morgan fingerprint density at radius 2 is 1.85 bits per heavy atom. The number of halogens is 1. The molecule has 0 spiro atoms. The molecule has 27 heavy (non-hydrogen) atoms. The van der Waals surface area contributed by atoms with Gasteiger partial charge in [0.15, 0.2) is 0 Å². The summed E-state index contributed by atoms with van der Waals surface area (Å²) in [5.74, 6) is -1.48. The number of nitrogens with one attached hydrogen (secondary N) is 1. The molecule has 0 bridgehead atoms. The van der Waals surface area contributed by atoms with Crippen molar-refractivity contribution in [1.29, 1.82) is 0 Å². The van der Waals surface area contributed by atoms with Crippen LogP contribution in [0.2, 0.25) is 0 Å². The van der Waals surface area contributed by atoms with E-state index in [-0.39, 0.29) is 36.1 Å². The lowest BCUT2D eigenvalue weighted by Crippen LogP contribution is -2.36. The first-order valence-corrected chi connectivity index (χ1v) is 9.32. The van der Waals surface area contributed by atoms with Crippen LogP contribution in [0, 0.1) is 17.7 Å². The summed E-state index contributed by atoms with van der Waals surface area (Å²) in [6, 6.07) is 16.2. The summed E-state index contributed by atoms with van der Waals surface area (Å²) in [5, 5.41) is 2.86. The second-order valence-electron chi connectivity index (χ2n) is 6.85. The maximum atomic E-state index is 13.9. The number of hydrogen-bond acceptors (Lipinski definition) is 3. The molecule has 142 valence electrons. The molecule has 1 saturated carbocycles. The molecule has 2 aromatic carbocycles. The molecule has 4 nitrogen and oxygen atoms in total. The highest BCUT2D eigenvalue weighted by Gasteiger charge is 2.45. The van der Waals surface area contributed by atoms with Gasteiger partial charge in [0.25, 0.3) is 0 Å². The molecule has 3 unspecified atom stereocenters. The molecular weight excluding hydrogens is 345 g/mol. The van der Waals surface area contributed by atoms with Gasteiger partial charge in [-0.1, -0.05) is 48.5 Å². The lowest BCUT2D eigenvalue weighted by atomic mass is 9.99. The number of amides is 1. The van der Waals surface area contributed by atoms with Crippen molar-refractivity contribution in [3.8, 4) is 0 Å². The Bertz CT molecular complexity index is 793. The standard InChI is InChI=1S/C22H24FNO3/c1-2-27-22(26)16(12-15-8-4-3-5-9-15)14-24-21(25)19-13-18(19)17-10-6-7-11-20(17)23/h3-11,16,18-19H,2,12-14H2,1H3,(H,24,25). The van der Waals surface area contributed by atoms with Crippen LogP contribution in [-0.4, -0.2) is 25.0 Å². The van der Waals surface area contributed by atoms with Crippen molar-refractivity contribution in [2.24, 2.45) is 11.8 Å². The van der Waals surface area contributed by atoms with Crippen molar-refractivity contribution in [1.82, 2.24) is 5.32 Å². The Morgan fingerprint density at radius 3 is 2.56 bits per heavy atom. The first-order chi connectivity index (χ1) is 13.1. The van der Waals surface area contributed by atoms with Crippen molar-refractivity contribution in [3.05, 3.63) is 71.5 Å². The number of carbonyl (C=O) groups excluding carboxylic acids is 2. The summed E-state index contributed by atoms with van der Waals surface area (Å²) in [4.78, 5) is 24.7. The number of ether oxygens (including phenoxy) is 1. The van der Waals surface area contributed by atoms with E-state index in [4.69, 9.17) is 4.74 Å². The highest BCUT2D eigenvalue weighted by atomic mass is 19.1. The Labute approximate surface area is 158 Å². The summed E-state index contributed by atoms with van der Waals surface area (Å²) in [5.41, 5.74) is 1.60. The van der Waals surface area contributed by atoms with E-state index in [9.17, 15) is 14.0 Å². The SMILES string of the molecule is CCOC(=O)C(CNC(=O)C1CC1c1ccccc1F)Cc1ccccc1. The first kappa shape index (κ1) is 19.1. The van der Waals surface area contributed by atoms with Gasteiger partial charge < -0.3 is 10.1 Å². The lowest BCUT2D eigenvalue weighted by molar-refractivity contribution is -0.147. The quantitative estimate of drug-likeness (QED) is 0.725. The second-order valence-corrected chi connectivity index (χ2v) is 6.85. The number of rotatable bonds is 8. The van der Waals surface area contributed by atoms with Crippen molar-refractivity contribution < 1.29 is 18.7 Å². The van der Waals surface area contributed by atoms with Crippen LogP contribution in [0.5, 0.6) is 0 Å². The molecule has 1 aliphatic rings. The minimum absolute atomic E-state index is 0.0821. The lowest BCUT2D eigenvalue weighted by Gasteiger charge is -2.16. The average Bonchev–Trinajstić information content (AvgIpc) is 3.47. The predicted octanol–water partition coefficient (Wildman–Crippen LogP) is 3.47. The van der Waals surface area contributed by atoms with E-state index in [2.05, 4.69) is 5.32 Å². The van der Waals surface area contributed by atoms with Crippen molar-refractivity contribution in [3.63, 3.8) is 0 Å². The third kappa shape index (κ3) is 4.94. The Balaban J connectivity index is 1.57. The van der Waals surface area contributed by atoms with E-state index in [0.29, 0.717) is 25.0 Å². The molecule has 3 rings (SSSR count). The molecule has 0 aliphatic heterocycles. The van der Waals surface area contributed by atoms with Crippen LogP contribution >= 0.6 is 0 Å². The fourth-order valence-corrected chi connectivity index (χ4v) is 3.36. The van der Waals surface area contributed by atoms with Gasteiger partial charge >= 0.3 is 5.97 Å². The zero-order chi connectivity index (χ0) is 19.2. The van der Waals surface area contributed by atoms with Crippen molar-refractivity contribution in [2.45, 2.75) is 25.7 Å². The van der Waals surface area contributed by atoms with Gasteiger partial charge in [0.2, 0.25) is 5.91 Å². The molecule has 1 aliphatic carbocycles. The van der Waals surface area contributed by atoms with E-state index in [0.717, 1.165) is 5.56 Å². The summed E-state index contributed by atoms with van der Waals surface area (Å²) < 4.78 is 19.0. The van der Waals surface area contributed by atoms with E-state index in [1.807, 2.05) is 30.3 Å². The predicted molar refractivity (Wildman–Crippen MR) is 101 cm³/mol. The van der Waals surface area contributed by atoms with Gasteiger partial charge in [0.1, 0.15) is 5.82 Å². The monoisotopic (exact) mass is 369 g/mol. The topological polar surface area (TPSA) is 55.4 Å². The van der Waals surface area contributed by atoms with Crippen molar-refractivity contribution >= 4 is 11.9 Å². The highest BCUT2D eigenvalue weighted by Crippen LogP contribution is 2.48. The van der Waals surface area contributed by atoms with Crippen LogP contribution in [0.15, 0.2) is 54.6 Å². The van der Waals surface area contributed by atoms with Crippen molar-refractivity contribution in [2.75, 3.05) is 13.2 Å². The summed E-state index contributed by atoms with van der Waals surface area (Å²) in [6.07, 6.45) is 1.14.